The van der Waals surface area contributed by atoms with Crippen LogP contribution in [0.1, 0.15) is 31.9 Å². The van der Waals surface area contributed by atoms with E-state index < -0.39 is 0 Å². The molecule has 5 heteroatoms. The minimum absolute atomic E-state index is 0.0484. The van der Waals surface area contributed by atoms with Crippen molar-refractivity contribution in [3.8, 4) is 17.4 Å². The summed E-state index contributed by atoms with van der Waals surface area (Å²) in [6.07, 6.45) is 1.36. The lowest BCUT2D eigenvalue weighted by Crippen LogP contribution is -2.13. The fourth-order valence-electron chi connectivity index (χ4n) is 2.06. The third-order valence-electron chi connectivity index (χ3n) is 3.15. The predicted octanol–water partition coefficient (Wildman–Crippen LogP) is 3.47. The lowest BCUT2D eigenvalue weighted by Gasteiger charge is -2.23. The third kappa shape index (κ3) is 3.24. The summed E-state index contributed by atoms with van der Waals surface area (Å²) >= 11 is 0. The molecule has 1 heterocycles. The van der Waals surface area contributed by atoms with Crippen LogP contribution in [0.15, 0.2) is 24.5 Å². The van der Waals surface area contributed by atoms with E-state index in [4.69, 9.17) is 15.2 Å². The highest BCUT2D eigenvalue weighted by Crippen LogP contribution is 2.38. The standard InChI is InChI=1S/C16H21N3O2/c1-10-6-7-12(11(8-10)16(2,3)4)21-15-13(20-5)14(17)18-9-19-15/h6-9H,1-5H3,(H2,17,18,19). The molecule has 0 atom stereocenters. The lowest BCUT2D eigenvalue weighted by molar-refractivity contribution is 0.364. The molecule has 2 aromatic rings. The zero-order chi connectivity index (χ0) is 15.6. The van der Waals surface area contributed by atoms with Crippen molar-refractivity contribution in [1.29, 1.82) is 0 Å². The van der Waals surface area contributed by atoms with Crippen LogP contribution in [0.4, 0.5) is 5.82 Å². The fourth-order valence-corrected chi connectivity index (χ4v) is 2.06. The van der Waals surface area contributed by atoms with Crippen molar-refractivity contribution < 1.29 is 9.47 Å². The number of methoxy groups -OCH3 is 1. The zero-order valence-electron chi connectivity index (χ0n) is 13.1. The first kappa shape index (κ1) is 15.1. The molecule has 0 fully saturated rings. The largest absolute Gasteiger partial charge is 0.489 e. The number of hydrogen-bond donors (Lipinski definition) is 1. The van der Waals surface area contributed by atoms with E-state index in [2.05, 4.69) is 43.7 Å². The number of hydrogen-bond acceptors (Lipinski definition) is 5. The van der Waals surface area contributed by atoms with Gasteiger partial charge in [0.05, 0.1) is 7.11 Å². The minimum Gasteiger partial charge on any atom is -0.489 e. The molecular formula is C16H21N3O2. The van der Waals surface area contributed by atoms with Gasteiger partial charge in [0.15, 0.2) is 5.82 Å². The number of anilines is 1. The summed E-state index contributed by atoms with van der Waals surface area (Å²) < 4.78 is 11.2. The molecule has 0 radical (unpaired) electrons. The van der Waals surface area contributed by atoms with Crippen LogP contribution in [0.25, 0.3) is 0 Å². The minimum atomic E-state index is -0.0484. The van der Waals surface area contributed by atoms with Crippen molar-refractivity contribution in [2.24, 2.45) is 0 Å². The molecule has 0 saturated carbocycles. The maximum atomic E-state index is 5.94. The predicted molar refractivity (Wildman–Crippen MR) is 82.9 cm³/mol. The highest BCUT2D eigenvalue weighted by Gasteiger charge is 2.21. The Morgan fingerprint density at radius 1 is 1.14 bits per heavy atom. The number of nitrogens with two attached hydrogens (primary N) is 1. The summed E-state index contributed by atoms with van der Waals surface area (Å²) in [5.74, 6) is 1.66. The lowest BCUT2D eigenvalue weighted by atomic mass is 9.85. The number of aromatic nitrogens is 2. The molecule has 112 valence electrons. The van der Waals surface area contributed by atoms with Gasteiger partial charge in [0, 0.05) is 5.56 Å². The molecule has 2 rings (SSSR count). The first-order valence-electron chi connectivity index (χ1n) is 6.76. The fraction of sp³-hybridized carbons (Fsp3) is 0.375. The van der Waals surface area contributed by atoms with Crippen molar-refractivity contribution in [3.05, 3.63) is 35.7 Å². The number of rotatable bonds is 3. The average Bonchev–Trinajstić information content (AvgIpc) is 2.40. The molecule has 0 aliphatic rings. The van der Waals surface area contributed by atoms with Gasteiger partial charge in [-0.1, -0.05) is 38.5 Å². The van der Waals surface area contributed by atoms with Crippen molar-refractivity contribution in [1.82, 2.24) is 9.97 Å². The zero-order valence-corrected chi connectivity index (χ0v) is 13.1. The summed E-state index contributed by atoms with van der Waals surface area (Å²) in [5, 5.41) is 0. The SMILES string of the molecule is COc1c(N)ncnc1Oc1ccc(C)cc1C(C)(C)C. The topological polar surface area (TPSA) is 70.3 Å². The molecule has 0 amide bonds. The third-order valence-corrected chi connectivity index (χ3v) is 3.15. The molecule has 0 saturated heterocycles. The summed E-state index contributed by atoms with van der Waals surface area (Å²) in [6.45, 7) is 8.48. The summed E-state index contributed by atoms with van der Waals surface area (Å²) in [5.41, 5.74) is 8.01. The van der Waals surface area contributed by atoms with E-state index in [1.54, 1.807) is 0 Å². The molecule has 0 bridgehead atoms. The van der Waals surface area contributed by atoms with Gasteiger partial charge < -0.3 is 15.2 Å². The van der Waals surface area contributed by atoms with Gasteiger partial charge in [0.1, 0.15) is 12.1 Å². The number of nitrogens with zero attached hydrogens (tertiary/aromatic N) is 2. The van der Waals surface area contributed by atoms with Crippen LogP contribution >= 0.6 is 0 Å². The average molecular weight is 287 g/mol. The van der Waals surface area contributed by atoms with E-state index in [0.29, 0.717) is 11.6 Å². The van der Waals surface area contributed by atoms with Gasteiger partial charge in [-0.05, 0) is 18.4 Å². The second-order valence-electron chi connectivity index (χ2n) is 5.95. The van der Waals surface area contributed by atoms with E-state index in [1.807, 2.05) is 12.1 Å². The Labute approximate surface area is 125 Å². The van der Waals surface area contributed by atoms with Crippen molar-refractivity contribution in [2.45, 2.75) is 33.1 Å². The highest BCUT2D eigenvalue weighted by molar-refractivity contribution is 5.53. The van der Waals surface area contributed by atoms with Crippen molar-refractivity contribution >= 4 is 5.82 Å². The van der Waals surface area contributed by atoms with Crippen LogP contribution in [0, 0.1) is 6.92 Å². The summed E-state index contributed by atoms with van der Waals surface area (Å²) in [7, 11) is 1.52. The molecule has 0 aliphatic carbocycles. The van der Waals surface area contributed by atoms with Crippen LogP contribution in [0.3, 0.4) is 0 Å². The van der Waals surface area contributed by atoms with Crippen LogP contribution < -0.4 is 15.2 Å². The molecule has 0 spiro atoms. The summed E-state index contributed by atoms with van der Waals surface area (Å²) in [4.78, 5) is 8.01. The van der Waals surface area contributed by atoms with E-state index >= 15 is 0 Å². The van der Waals surface area contributed by atoms with Gasteiger partial charge in [0.2, 0.25) is 5.75 Å². The Balaban J connectivity index is 2.48. The maximum absolute atomic E-state index is 5.94. The monoisotopic (exact) mass is 287 g/mol. The van der Waals surface area contributed by atoms with Crippen LogP contribution in [-0.2, 0) is 5.41 Å². The Hall–Kier alpha value is -2.30. The molecule has 1 aromatic carbocycles. The van der Waals surface area contributed by atoms with Crippen molar-refractivity contribution in [3.63, 3.8) is 0 Å². The first-order valence-corrected chi connectivity index (χ1v) is 6.76. The molecule has 0 aliphatic heterocycles. The maximum Gasteiger partial charge on any atom is 0.268 e. The Kier molecular flexibility index (Phi) is 4.02. The number of aryl methyl sites for hydroxylation is 1. The Morgan fingerprint density at radius 3 is 2.48 bits per heavy atom. The molecule has 0 unspecified atom stereocenters. The van der Waals surface area contributed by atoms with Crippen LogP contribution in [-0.4, -0.2) is 17.1 Å². The smallest absolute Gasteiger partial charge is 0.268 e. The normalized spacial score (nSPS) is 11.3. The van der Waals surface area contributed by atoms with Gasteiger partial charge in [-0.25, -0.2) is 4.98 Å². The highest BCUT2D eigenvalue weighted by atomic mass is 16.5. The van der Waals surface area contributed by atoms with Crippen molar-refractivity contribution in [2.75, 3.05) is 12.8 Å². The molecule has 1 aromatic heterocycles. The van der Waals surface area contributed by atoms with Crippen LogP contribution in [0.5, 0.6) is 17.4 Å². The Bertz CT molecular complexity index is 648. The van der Waals surface area contributed by atoms with Gasteiger partial charge in [0.25, 0.3) is 5.88 Å². The van der Waals surface area contributed by atoms with E-state index in [-0.39, 0.29) is 11.2 Å². The van der Waals surface area contributed by atoms with Crippen LogP contribution in [0.2, 0.25) is 0 Å². The number of nitrogen functional groups attached to an aromatic ring is 1. The molecule has 2 N–H and O–H groups in total. The second kappa shape index (κ2) is 5.60. The molecular weight excluding hydrogens is 266 g/mol. The number of ether oxygens (including phenoxy) is 2. The summed E-state index contributed by atoms with van der Waals surface area (Å²) in [6, 6.07) is 6.06. The van der Waals surface area contributed by atoms with Gasteiger partial charge in [-0.3, -0.25) is 0 Å². The second-order valence-corrected chi connectivity index (χ2v) is 5.95. The van der Waals surface area contributed by atoms with Gasteiger partial charge >= 0.3 is 0 Å². The molecule has 5 nitrogen and oxygen atoms in total. The van der Waals surface area contributed by atoms with Gasteiger partial charge in [-0.2, -0.15) is 4.98 Å². The van der Waals surface area contributed by atoms with Gasteiger partial charge in [-0.15, -0.1) is 0 Å². The first-order chi connectivity index (χ1) is 9.82. The van der Waals surface area contributed by atoms with E-state index in [0.717, 1.165) is 11.3 Å². The Morgan fingerprint density at radius 2 is 1.86 bits per heavy atom. The van der Waals surface area contributed by atoms with E-state index in [1.165, 1.54) is 19.0 Å². The number of benzene rings is 1. The quantitative estimate of drug-likeness (QED) is 0.936. The van der Waals surface area contributed by atoms with E-state index in [9.17, 15) is 0 Å². The molecule has 21 heavy (non-hydrogen) atoms.